The number of halogens is 3. The number of likely N-dealkylation sites (N-methyl/N-ethyl adjacent to an activating group) is 1. The van der Waals surface area contributed by atoms with Gasteiger partial charge in [-0.2, -0.15) is 0 Å². The predicted octanol–water partition coefficient (Wildman–Crippen LogP) is 6.47. The van der Waals surface area contributed by atoms with Crippen molar-refractivity contribution >= 4 is 11.6 Å². The van der Waals surface area contributed by atoms with E-state index in [1.807, 2.05) is 24.3 Å². The van der Waals surface area contributed by atoms with Gasteiger partial charge in [-0.15, -0.1) is 0 Å². The van der Waals surface area contributed by atoms with Gasteiger partial charge in [-0.3, -0.25) is 4.79 Å². The number of allylic oxidation sites excluding steroid dienone is 3. The van der Waals surface area contributed by atoms with Crippen LogP contribution in [0, 0.1) is 0 Å². The highest BCUT2D eigenvalue weighted by Crippen LogP contribution is 2.33. The maximum Gasteiger partial charge on any atom is 0.248 e. The molecule has 3 nitrogen and oxygen atoms in total. The molecule has 0 bridgehead atoms. The summed E-state index contributed by atoms with van der Waals surface area (Å²) in [5.74, 6) is -3.52. The van der Waals surface area contributed by atoms with Gasteiger partial charge in [-0.1, -0.05) is 51.6 Å². The van der Waals surface area contributed by atoms with Crippen molar-refractivity contribution in [1.29, 1.82) is 0 Å². The van der Waals surface area contributed by atoms with Crippen LogP contribution in [-0.4, -0.2) is 31.0 Å². The topological polar surface area (TPSA) is 32.3 Å². The largest absolute Gasteiger partial charge is 0.359 e. The maximum atomic E-state index is 14.1. The first-order chi connectivity index (χ1) is 14.9. The van der Waals surface area contributed by atoms with Crippen LogP contribution >= 0.6 is 0 Å². The van der Waals surface area contributed by atoms with Crippen LogP contribution in [0.2, 0.25) is 0 Å². The molecule has 1 aromatic carbocycles. The minimum atomic E-state index is -2.67. The summed E-state index contributed by atoms with van der Waals surface area (Å²) in [6, 6.07) is 6.67. The van der Waals surface area contributed by atoms with E-state index >= 15 is 0 Å². The molecule has 1 N–H and O–H groups in total. The Kier molecular flexibility index (Phi) is 8.38. The van der Waals surface area contributed by atoms with Crippen molar-refractivity contribution in [3.63, 3.8) is 0 Å². The number of hydrogen-bond acceptors (Lipinski definition) is 2. The Morgan fingerprint density at radius 1 is 1.22 bits per heavy atom. The molecular weight excluding hydrogens is 413 g/mol. The molecule has 0 radical (unpaired) electrons. The van der Waals surface area contributed by atoms with Gasteiger partial charge in [-0.05, 0) is 54.5 Å². The molecule has 1 atom stereocenters. The number of nitrogens with one attached hydrogen (secondary N) is 1. The fraction of sp³-hybridized carbons (Fsp3) is 0.500. The molecule has 2 rings (SSSR count). The second-order valence-electron chi connectivity index (χ2n) is 9.47. The van der Waals surface area contributed by atoms with E-state index in [-0.39, 0.29) is 43.0 Å². The molecule has 1 saturated carbocycles. The normalized spacial score (nSPS) is 18.8. The Balaban J connectivity index is 2.34. The Labute approximate surface area is 190 Å². The summed E-state index contributed by atoms with van der Waals surface area (Å²) in [6.45, 7) is 11.7. The van der Waals surface area contributed by atoms with Gasteiger partial charge < -0.3 is 10.2 Å². The maximum absolute atomic E-state index is 14.1. The first kappa shape index (κ1) is 25.8. The van der Waals surface area contributed by atoms with E-state index in [2.05, 4.69) is 32.7 Å². The highest BCUT2D eigenvalue weighted by Gasteiger charge is 2.37. The second-order valence-corrected chi connectivity index (χ2v) is 9.47. The van der Waals surface area contributed by atoms with Crippen LogP contribution in [0.4, 0.5) is 18.9 Å². The summed E-state index contributed by atoms with van der Waals surface area (Å²) in [5, 5.41) is 2.90. The van der Waals surface area contributed by atoms with E-state index in [0.717, 1.165) is 11.3 Å². The fourth-order valence-electron chi connectivity index (χ4n) is 3.85. The molecule has 1 aromatic rings. The molecule has 6 heteroatoms. The van der Waals surface area contributed by atoms with Gasteiger partial charge in [0.15, 0.2) is 0 Å². The van der Waals surface area contributed by atoms with Crippen LogP contribution in [0.25, 0.3) is 0 Å². The molecule has 0 aliphatic heterocycles. The van der Waals surface area contributed by atoms with Crippen molar-refractivity contribution < 1.29 is 18.0 Å². The molecular formula is C26H35F3N2O. The van der Waals surface area contributed by atoms with E-state index < -0.39 is 17.8 Å². The Morgan fingerprint density at radius 2 is 1.78 bits per heavy atom. The van der Waals surface area contributed by atoms with Gasteiger partial charge in [0, 0.05) is 31.6 Å². The molecule has 1 fully saturated rings. The smallest absolute Gasteiger partial charge is 0.248 e. The summed E-state index contributed by atoms with van der Waals surface area (Å²) in [7, 11) is 1.76. The minimum Gasteiger partial charge on any atom is -0.359 e. The minimum absolute atomic E-state index is 0.0157. The molecule has 1 amide bonds. The van der Waals surface area contributed by atoms with Crippen LogP contribution in [0.1, 0.15) is 58.9 Å². The zero-order valence-electron chi connectivity index (χ0n) is 19.7. The number of alkyl halides is 2. The first-order valence-electron chi connectivity index (χ1n) is 11.1. The zero-order valence-corrected chi connectivity index (χ0v) is 19.7. The number of carbonyl (C=O) groups excluding carboxylic acids is 1. The molecule has 1 unspecified atom stereocenters. The molecule has 0 spiro atoms. The number of benzene rings is 1. The average Bonchev–Trinajstić information content (AvgIpc) is 2.73. The van der Waals surface area contributed by atoms with Gasteiger partial charge in [0.05, 0.1) is 0 Å². The van der Waals surface area contributed by atoms with Crippen LogP contribution in [0.15, 0.2) is 60.5 Å². The van der Waals surface area contributed by atoms with Gasteiger partial charge in [0.1, 0.15) is 11.9 Å². The molecule has 0 heterocycles. The number of amides is 1. The molecule has 32 heavy (non-hydrogen) atoms. The van der Waals surface area contributed by atoms with E-state index in [1.165, 1.54) is 18.2 Å². The molecule has 0 aromatic heterocycles. The SMILES string of the molecule is C=C/C(=C\C(F)=C/C)C(C(=O)NC1CCC(F)(F)CC1)N(C)c1ccc(C(C)(C)C)cc1. The number of anilines is 1. The van der Waals surface area contributed by atoms with Crippen LogP contribution in [0.3, 0.4) is 0 Å². The summed E-state index contributed by atoms with van der Waals surface area (Å²) in [5.41, 5.74) is 2.31. The third-order valence-corrected chi connectivity index (χ3v) is 5.97. The highest BCUT2D eigenvalue weighted by atomic mass is 19.3. The lowest BCUT2D eigenvalue weighted by molar-refractivity contribution is -0.123. The van der Waals surface area contributed by atoms with Gasteiger partial charge in [0.25, 0.3) is 0 Å². The zero-order chi connectivity index (χ0) is 24.1. The number of nitrogens with zero attached hydrogens (tertiary/aromatic N) is 1. The Hall–Kier alpha value is -2.50. The summed E-state index contributed by atoms with van der Waals surface area (Å²) >= 11 is 0. The van der Waals surface area contributed by atoms with Gasteiger partial charge in [0.2, 0.25) is 11.8 Å². The van der Waals surface area contributed by atoms with E-state index in [0.29, 0.717) is 5.57 Å². The summed E-state index contributed by atoms with van der Waals surface area (Å²) < 4.78 is 41.1. The molecule has 1 aliphatic rings. The predicted molar refractivity (Wildman–Crippen MR) is 126 cm³/mol. The standard InChI is InChI=1S/C26H35F3N2O/c1-7-18(17-20(27)8-2)23(24(32)30-21-13-15-26(28,29)16-14-21)31(6)22-11-9-19(10-12-22)25(3,4)5/h7-12,17,21,23H,1,13-16H2,2-6H3,(H,30,32)/b18-17+,20-8+. The monoisotopic (exact) mass is 448 g/mol. The Morgan fingerprint density at radius 3 is 2.25 bits per heavy atom. The number of rotatable bonds is 7. The fourth-order valence-corrected chi connectivity index (χ4v) is 3.85. The van der Waals surface area contributed by atoms with Crippen molar-refractivity contribution in [1.82, 2.24) is 5.32 Å². The Bertz CT molecular complexity index is 856. The van der Waals surface area contributed by atoms with Crippen molar-refractivity contribution in [2.24, 2.45) is 0 Å². The molecule has 176 valence electrons. The van der Waals surface area contributed by atoms with E-state index in [9.17, 15) is 18.0 Å². The van der Waals surface area contributed by atoms with Crippen LogP contribution < -0.4 is 10.2 Å². The second kappa shape index (κ2) is 10.4. The lowest BCUT2D eigenvalue weighted by Crippen LogP contribution is -2.50. The highest BCUT2D eigenvalue weighted by molar-refractivity contribution is 5.89. The number of hydrogen-bond donors (Lipinski definition) is 1. The van der Waals surface area contributed by atoms with E-state index in [1.54, 1.807) is 18.9 Å². The summed E-state index contributed by atoms with van der Waals surface area (Å²) in [6.07, 6.45) is 3.99. The van der Waals surface area contributed by atoms with Crippen molar-refractivity contribution in [3.05, 3.63) is 66.0 Å². The van der Waals surface area contributed by atoms with Gasteiger partial charge in [-0.25, -0.2) is 13.2 Å². The summed E-state index contributed by atoms with van der Waals surface area (Å²) in [4.78, 5) is 15.1. The third-order valence-electron chi connectivity index (χ3n) is 5.97. The van der Waals surface area contributed by atoms with Crippen molar-refractivity contribution in [2.45, 2.75) is 76.8 Å². The quantitative estimate of drug-likeness (QED) is 0.485. The van der Waals surface area contributed by atoms with Crippen molar-refractivity contribution in [2.75, 3.05) is 11.9 Å². The third kappa shape index (κ3) is 6.75. The lowest BCUT2D eigenvalue weighted by atomic mass is 9.87. The lowest BCUT2D eigenvalue weighted by Gasteiger charge is -2.34. The van der Waals surface area contributed by atoms with Gasteiger partial charge >= 0.3 is 0 Å². The van der Waals surface area contributed by atoms with E-state index in [4.69, 9.17) is 0 Å². The first-order valence-corrected chi connectivity index (χ1v) is 11.1. The van der Waals surface area contributed by atoms with Crippen molar-refractivity contribution in [3.8, 4) is 0 Å². The molecule has 1 aliphatic carbocycles. The average molecular weight is 449 g/mol. The van der Waals surface area contributed by atoms with Crippen LogP contribution in [0.5, 0.6) is 0 Å². The van der Waals surface area contributed by atoms with Crippen LogP contribution in [-0.2, 0) is 10.2 Å². The molecule has 0 saturated heterocycles. The number of carbonyl (C=O) groups is 1.